The van der Waals surface area contributed by atoms with Crippen LogP contribution in [0, 0.1) is 6.92 Å². The van der Waals surface area contributed by atoms with E-state index in [2.05, 4.69) is 37.4 Å². The van der Waals surface area contributed by atoms with E-state index in [1.165, 1.54) is 5.56 Å². The summed E-state index contributed by atoms with van der Waals surface area (Å²) in [6, 6.07) is 15.8. The van der Waals surface area contributed by atoms with Crippen molar-refractivity contribution in [3.63, 3.8) is 0 Å². The number of nitrogens with zero attached hydrogens (tertiary/aromatic N) is 4. The summed E-state index contributed by atoms with van der Waals surface area (Å²) in [5.41, 5.74) is 2.92. The molecule has 0 spiro atoms. The molecule has 2 heterocycles. The molecule has 0 amide bonds. The van der Waals surface area contributed by atoms with E-state index in [-0.39, 0.29) is 0 Å². The van der Waals surface area contributed by atoms with Crippen molar-refractivity contribution >= 4 is 29.2 Å². The number of morpholine rings is 1. The third-order valence-electron chi connectivity index (χ3n) is 4.66. The molecule has 2 N–H and O–H groups in total. The molecule has 2 aromatic carbocycles. The highest BCUT2D eigenvalue weighted by Crippen LogP contribution is 2.27. The molecular weight excluding hydrogens is 380 g/mol. The van der Waals surface area contributed by atoms with Gasteiger partial charge in [-0.1, -0.05) is 29.8 Å². The Balaban J connectivity index is 1.65. The van der Waals surface area contributed by atoms with Gasteiger partial charge in [0.15, 0.2) is 0 Å². The molecule has 1 aliphatic rings. The van der Waals surface area contributed by atoms with Crippen LogP contribution in [0.25, 0.3) is 0 Å². The largest absolute Gasteiger partial charge is 0.492 e. The molecule has 0 saturated carbocycles. The number of rotatable bonds is 7. The number of para-hydroxylation sites is 2. The molecule has 3 aromatic rings. The highest BCUT2D eigenvalue weighted by molar-refractivity contribution is 5.64. The Morgan fingerprint density at radius 2 is 1.63 bits per heavy atom. The van der Waals surface area contributed by atoms with Gasteiger partial charge >= 0.3 is 0 Å². The van der Waals surface area contributed by atoms with Crippen LogP contribution in [-0.4, -0.2) is 47.9 Å². The molecule has 0 aliphatic carbocycles. The Morgan fingerprint density at radius 3 is 2.37 bits per heavy atom. The van der Waals surface area contributed by atoms with Crippen molar-refractivity contribution < 1.29 is 9.47 Å². The number of nitrogens with one attached hydrogen (secondary N) is 2. The van der Waals surface area contributed by atoms with E-state index in [4.69, 9.17) is 9.47 Å². The maximum atomic E-state index is 5.72. The summed E-state index contributed by atoms with van der Waals surface area (Å²) >= 11 is 0. The van der Waals surface area contributed by atoms with Gasteiger partial charge < -0.3 is 25.0 Å². The lowest BCUT2D eigenvalue weighted by atomic mass is 10.2. The lowest BCUT2D eigenvalue weighted by Gasteiger charge is -2.27. The number of aromatic nitrogens is 3. The Hall–Kier alpha value is -3.39. The topological polar surface area (TPSA) is 84.4 Å². The minimum absolute atomic E-state index is 0.452. The second-order valence-corrected chi connectivity index (χ2v) is 6.93. The molecule has 8 nitrogen and oxygen atoms in total. The smallest absolute Gasteiger partial charge is 0.233 e. The molecular formula is C22H26N6O2. The predicted molar refractivity (Wildman–Crippen MR) is 118 cm³/mol. The Labute approximate surface area is 176 Å². The van der Waals surface area contributed by atoms with E-state index < -0.39 is 0 Å². The Bertz CT molecular complexity index is 974. The normalized spacial score (nSPS) is 13.7. The van der Waals surface area contributed by atoms with Gasteiger partial charge in [-0.15, -0.1) is 0 Å². The summed E-state index contributed by atoms with van der Waals surface area (Å²) in [6.45, 7) is 7.38. The van der Waals surface area contributed by atoms with Gasteiger partial charge in [-0.3, -0.25) is 0 Å². The first-order valence-corrected chi connectivity index (χ1v) is 10.1. The summed E-state index contributed by atoms with van der Waals surface area (Å²) < 4.78 is 11.2. The van der Waals surface area contributed by atoms with Gasteiger partial charge in [0, 0.05) is 18.8 Å². The fourth-order valence-electron chi connectivity index (χ4n) is 3.12. The number of ether oxygens (including phenoxy) is 2. The van der Waals surface area contributed by atoms with Crippen LogP contribution < -0.4 is 20.3 Å². The van der Waals surface area contributed by atoms with Crippen LogP contribution in [0.4, 0.5) is 29.2 Å². The van der Waals surface area contributed by atoms with Crippen molar-refractivity contribution in [2.45, 2.75) is 13.8 Å². The third-order valence-corrected chi connectivity index (χ3v) is 4.66. The highest BCUT2D eigenvalue weighted by Gasteiger charge is 2.17. The average molecular weight is 406 g/mol. The molecule has 8 heteroatoms. The summed E-state index contributed by atoms with van der Waals surface area (Å²) in [5, 5.41) is 6.57. The number of hydrogen-bond donors (Lipinski definition) is 2. The zero-order valence-electron chi connectivity index (χ0n) is 17.3. The standard InChI is InChI=1S/C22H26N6O2/c1-3-30-19-7-5-4-6-18(19)24-21-25-20(23-17-10-8-16(2)9-11-17)26-22(27-21)28-12-14-29-15-13-28/h4-11H,3,12-15H2,1-2H3,(H2,23,24,25,26,27). The molecule has 30 heavy (non-hydrogen) atoms. The van der Waals surface area contributed by atoms with E-state index in [9.17, 15) is 0 Å². The third kappa shape index (κ3) is 4.96. The van der Waals surface area contributed by atoms with E-state index >= 15 is 0 Å². The number of anilines is 5. The zero-order chi connectivity index (χ0) is 20.8. The van der Waals surface area contributed by atoms with Gasteiger partial charge in [0.05, 0.1) is 25.5 Å². The molecule has 1 saturated heterocycles. The molecule has 4 rings (SSSR count). The van der Waals surface area contributed by atoms with Crippen LogP contribution in [0.15, 0.2) is 48.5 Å². The molecule has 156 valence electrons. The van der Waals surface area contributed by atoms with Crippen molar-refractivity contribution in [3.05, 3.63) is 54.1 Å². The maximum absolute atomic E-state index is 5.72. The van der Waals surface area contributed by atoms with Gasteiger partial charge in [-0.05, 0) is 38.1 Å². The van der Waals surface area contributed by atoms with Crippen molar-refractivity contribution in [2.75, 3.05) is 48.4 Å². The summed E-state index contributed by atoms with van der Waals surface area (Å²) in [4.78, 5) is 16.0. The Morgan fingerprint density at radius 1 is 0.933 bits per heavy atom. The first-order chi connectivity index (χ1) is 14.7. The van der Waals surface area contributed by atoms with Gasteiger partial charge in [-0.2, -0.15) is 15.0 Å². The van der Waals surface area contributed by atoms with Crippen LogP contribution >= 0.6 is 0 Å². The van der Waals surface area contributed by atoms with Crippen LogP contribution in [0.5, 0.6) is 5.75 Å². The van der Waals surface area contributed by atoms with Crippen LogP contribution in [0.2, 0.25) is 0 Å². The summed E-state index contributed by atoms with van der Waals surface area (Å²) in [5.74, 6) is 2.29. The van der Waals surface area contributed by atoms with E-state index in [1.807, 2.05) is 55.5 Å². The van der Waals surface area contributed by atoms with Crippen molar-refractivity contribution in [1.82, 2.24) is 15.0 Å². The van der Waals surface area contributed by atoms with Crippen molar-refractivity contribution in [2.24, 2.45) is 0 Å². The number of aryl methyl sites for hydroxylation is 1. The molecule has 1 fully saturated rings. The highest BCUT2D eigenvalue weighted by atomic mass is 16.5. The minimum atomic E-state index is 0.452. The predicted octanol–water partition coefficient (Wildman–Crippen LogP) is 3.90. The second-order valence-electron chi connectivity index (χ2n) is 6.93. The zero-order valence-corrected chi connectivity index (χ0v) is 17.3. The van der Waals surface area contributed by atoms with Gasteiger partial charge in [-0.25, -0.2) is 0 Å². The first kappa shape index (κ1) is 19.9. The van der Waals surface area contributed by atoms with Gasteiger partial charge in [0.2, 0.25) is 17.8 Å². The first-order valence-electron chi connectivity index (χ1n) is 10.1. The lowest BCUT2D eigenvalue weighted by Crippen LogP contribution is -2.37. The average Bonchev–Trinajstić information content (AvgIpc) is 2.77. The summed E-state index contributed by atoms with van der Waals surface area (Å²) in [7, 11) is 0. The fourth-order valence-corrected chi connectivity index (χ4v) is 3.12. The molecule has 1 aromatic heterocycles. The lowest BCUT2D eigenvalue weighted by molar-refractivity contribution is 0.122. The van der Waals surface area contributed by atoms with Crippen LogP contribution in [0.3, 0.4) is 0 Å². The van der Waals surface area contributed by atoms with Gasteiger partial charge in [0.1, 0.15) is 5.75 Å². The van der Waals surface area contributed by atoms with Crippen molar-refractivity contribution in [1.29, 1.82) is 0 Å². The summed E-state index contributed by atoms with van der Waals surface area (Å²) in [6.07, 6.45) is 0. The minimum Gasteiger partial charge on any atom is -0.492 e. The quantitative estimate of drug-likeness (QED) is 0.611. The SMILES string of the molecule is CCOc1ccccc1Nc1nc(Nc2ccc(C)cc2)nc(N2CCOCC2)n1. The van der Waals surface area contributed by atoms with Crippen LogP contribution in [0.1, 0.15) is 12.5 Å². The van der Waals surface area contributed by atoms with Gasteiger partial charge in [0.25, 0.3) is 0 Å². The number of hydrogen-bond acceptors (Lipinski definition) is 8. The number of benzene rings is 2. The fraction of sp³-hybridized carbons (Fsp3) is 0.318. The van der Waals surface area contributed by atoms with Crippen molar-refractivity contribution in [3.8, 4) is 5.75 Å². The molecule has 0 bridgehead atoms. The van der Waals surface area contributed by atoms with Crippen LogP contribution in [-0.2, 0) is 4.74 Å². The maximum Gasteiger partial charge on any atom is 0.233 e. The molecule has 1 aliphatic heterocycles. The molecule has 0 unspecified atom stereocenters. The van der Waals surface area contributed by atoms with E-state index in [1.54, 1.807) is 0 Å². The monoisotopic (exact) mass is 406 g/mol. The van der Waals surface area contributed by atoms with E-state index in [0.717, 1.165) is 30.2 Å². The second kappa shape index (κ2) is 9.41. The molecule has 0 atom stereocenters. The molecule has 0 radical (unpaired) electrons. The van der Waals surface area contributed by atoms with E-state index in [0.29, 0.717) is 37.7 Å². The Kier molecular flexibility index (Phi) is 6.24.